The molecule has 0 aliphatic carbocycles. The van der Waals surface area contributed by atoms with E-state index in [1.807, 2.05) is 0 Å². The van der Waals surface area contributed by atoms with E-state index in [9.17, 15) is 28.2 Å². The number of hydrogen-bond donors (Lipinski definition) is 2. The van der Waals surface area contributed by atoms with Crippen LogP contribution in [0, 0.1) is 0 Å². The number of aromatic nitrogens is 2. The van der Waals surface area contributed by atoms with Gasteiger partial charge in [-0.15, -0.1) is 0 Å². The Bertz CT molecular complexity index is 1020. The molecule has 1 aromatic heterocycles. The summed E-state index contributed by atoms with van der Waals surface area (Å²) in [5, 5.41) is 20.4. The Morgan fingerprint density at radius 3 is 2.45 bits per heavy atom. The van der Waals surface area contributed by atoms with Crippen LogP contribution in [-0.2, 0) is 20.4 Å². The summed E-state index contributed by atoms with van der Waals surface area (Å²) in [7, 11) is 0.937. The highest BCUT2D eigenvalue weighted by molar-refractivity contribution is 6.32. The molecular formula is C19H17ClF3N3O5. The van der Waals surface area contributed by atoms with Gasteiger partial charge in [-0.3, -0.25) is 0 Å². The fourth-order valence-electron chi connectivity index (χ4n) is 3.19. The summed E-state index contributed by atoms with van der Waals surface area (Å²) in [6.07, 6.45) is -2.75. The Morgan fingerprint density at radius 1 is 1.23 bits per heavy atom. The van der Waals surface area contributed by atoms with Crippen molar-refractivity contribution in [2.45, 2.75) is 6.18 Å². The Kier molecular flexibility index (Phi) is 6.56. The molecule has 0 spiro atoms. The van der Waals surface area contributed by atoms with Crippen LogP contribution in [0.3, 0.4) is 0 Å². The van der Waals surface area contributed by atoms with E-state index in [1.165, 1.54) is 4.90 Å². The van der Waals surface area contributed by atoms with E-state index in [2.05, 4.69) is 14.7 Å². The lowest BCUT2D eigenvalue weighted by Gasteiger charge is -2.32. The van der Waals surface area contributed by atoms with Gasteiger partial charge in [0.15, 0.2) is 11.5 Å². The number of halogens is 4. The molecular weight excluding hydrogens is 443 g/mol. The van der Waals surface area contributed by atoms with E-state index >= 15 is 0 Å². The Hall–Kier alpha value is -3.05. The summed E-state index contributed by atoms with van der Waals surface area (Å²) in [4.78, 5) is 21.1. The molecule has 8 nitrogen and oxygen atoms in total. The van der Waals surface area contributed by atoms with Crippen LogP contribution >= 0.6 is 11.6 Å². The Labute approximate surface area is 179 Å². The topological polar surface area (TPSA) is 105 Å². The third-order valence-corrected chi connectivity index (χ3v) is 4.73. The van der Waals surface area contributed by atoms with E-state index in [-0.39, 0.29) is 37.0 Å². The van der Waals surface area contributed by atoms with E-state index in [0.717, 1.165) is 31.6 Å². The average molecular weight is 460 g/mol. The van der Waals surface area contributed by atoms with E-state index in [0.29, 0.717) is 0 Å². The Morgan fingerprint density at radius 2 is 1.87 bits per heavy atom. The normalized spacial score (nSPS) is 15.5. The summed E-state index contributed by atoms with van der Waals surface area (Å²) in [5.74, 6) is -3.12. The fourth-order valence-corrected chi connectivity index (χ4v) is 3.41. The number of methoxy groups -OCH3 is 1. The quantitative estimate of drug-likeness (QED) is 0.408. The second-order valence-corrected chi connectivity index (χ2v) is 6.82. The number of anilines is 1. The number of hydrogen-bond acceptors (Lipinski definition) is 8. The zero-order chi connectivity index (χ0) is 22.8. The molecule has 31 heavy (non-hydrogen) atoms. The maximum Gasteiger partial charge on any atom is 0.419 e. The second kappa shape index (κ2) is 8.98. The molecule has 2 N–H and O–H groups in total. The minimum Gasteiger partial charge on any atom is -0.505 e. The van der Waals surface area contributed by atoms with E-state index in [1.54, 1.807) is 0 Å². The van der Waals surface area contributed by atoms with Crippen molar-refractivity contribution in [1.82, 2.24) is 9.97 Å². The number of aliphatic hydroxyl groups excluding tert-OH is 1. The molecule has 3 rings (SSSR count). The van der Waals surface area contributed by atoms with Crippen molar-refractivity contribution in [1.29, 1.82) is 0 Å². The van der Waals surface area contributed by atoms with Crippen LogP contribution in [0.1, 0.15) is 16.8 Å². The molecule has 0 saturated carbocycles. The molecule has 1 aliphatic heterocycles. The molecule has 1 aromatic carbocycles. The maximum atomic E-state index is 14.2. The SMILES string of the molecule is COC(=O)/C(=C(/O)c1nccnc1O)c1cc(Cl)cc(N2CCOCC2)c1C(F)(F)F. The van der Waals surface area contributed by atoms with Gasteiger partial charge in [0.05, 0.1) is 31.6 Å². The van der Waals surface area contributed by atoms with Gasteiger partial charge in [-0.25, -0.2) is 14.8 Å². The average Bonchev–Trinajstić information content (AvgIpc) is 2.73. The number of ether oxygens (including phenoxy) is 2. The largest absolute Gasteiger partial charge is 0.505 e. The van der Waals surface area contributed by atoms with Crippen LogP contribution in [0.2, 0.25) is 5.02 Å². The molecule has 1 aliphatic rings. The smallest absolute Gasteiger partial charge is 0.419 e. The van der Waals surface area contributed by atoms with Crippen LogP contribution in [0.15, 0.2) is 24.5 Å². The van der Waals surface area contributed by atoms with Crippen LogP contribution in [0.5, 0.6) is 5.88 Å². The summed E-state index contributed by atoms with van der Waals surface area (Å²) >= 11 is 6.11. The fraction of sp³-hybridized carbons (Fsp3) is 0.316. The van der Waals surface area contributed by atoms with Gasteiger partial charge in [-0.1, -0.05) is 11.6 Å². The standard InChI is InChI=1S/C19H17ClF3N3O5/c1-30-18(29)13(16(27)15-17(28)25-3-2-24-15)11-8-10(20)9-12(14(11)19(21,22)23)26-4-6-31-7-5-26/h2-3,8-9,27H,4-7H2,1H3,(H,25,28)/b16-13+. The van der Waals surface area contributed by atoms with Crippen LogP contribution in [-0.4, -0.2) is 59.6 Å². The lowest BCUT2D eigenvalue weighted by molar-refractivity contribution is -0.137. The molecule has 0 bridgehead atoms. The van der Waals surface area contributed by atoms with Gasteiger partial charge >= 0.3 is 12.1 Å². The summed E-state index contributed by atoms with van der Waals surface area (Å²) in [6.45, 7) is 0.739. The number of carbonyl (C=O) groups is 1. The number of aromatic hydroxyl groups is 1. The van der Waals surface area contributed by atoms with Crippen LogP contribution in [0.25, 0.3) is 11.3 Å². The predicted molar refractivity (Wildman–Crippen MR) is 105 cm³/mol. The number of aliphatic hydroxyl groups is 1. The number of esters is 1. The Balaban J connectivity index is 2.36. The first kappa shape index (κ1) is 22.6. The van der Waals surface area contributed by atoms with Gasteiger partial charge in [0.2, 0.25) is 5.88 Å². The van der Waals surface area contributed by atoms with Gasteiger partial charge in [0, 0.05) is 36.1 Å². The van der Waals surface area contributed by atoms with Crippen molar-refractivity contribution in [2.24, 2.45) is 0 Å². The number of morpholine rings is 1. The van der Waals surface area contributed by atoms with Gasteiger partial charge in [0.25, 0.3) is 0 Å². The van der Waals surface area contributed by atoms with Gasteiger partial charge < -0.3 is 24.6 Å². The molecule has 1 fully saturated rings. The lowest BCUT2D eigenvalue weighted by atomic mass is 9.95. The van der Waals surface area contributed by atoms with Crippen molar-refractivity contribution in [3.63, 3.8) is 0 Å². The van der Waals surface area contributed by atoms with Crippen LogP contribution < -0.4 is 4.90 Å². The van der Waals surface area contributed by atoms with Crippen molar-refractivity contribution < 1.29 is 37.7 Å². The van der Waals surface area contributed by atoms with Crippen molar-refractivity contribution in [3.8, 4) is 5.88 Å². The summed E-state index contributed by atoms with van der Waals surface area (Å²) < 4.78 is 52.5. The number of benzene rings is 1. The highest BCUT2D eigenvalue weighted by atomic mass is 35.5. The molecule has 2 heterocycles. The minimum atomic E-state index is -4.93. The van der Waals surface area contributed by atoms with Crippen LogP contribution in [0.4, 0.5) is 18.9 Å². The second-order valence-electron chi connectivity index (χ2n) is 6.39. The van der Waals surface area contributed by atoms with Crippen molar-refractivity contribution >= 4 is 34.6 Å². The first-order valence-electron chi connectivity index (χ1n) is 8.90. The van der Waals surface area contributed by atoms with E-state index < -0.39 is 46.2 Å². The molecule has 0 amide bonds. The third-order valence-electron chi connectivity index (χ3n) is 4.52. The zero-order valence-corrected chi connectivity index (χ0v) is 16.9. The van der Waals surface area contributed by atoms with Gasteiger partial charge in [-0.05, 0) is 12.1 Å². The highest BCUT2D eigenvalue weighted by Crippen LogP contribution is 2.45. The third kappa shape index (κ3) is 4.67. The van der Waals surface area contributed by atoms with E-state index in [4.69, 9.17) is 16.3 Å². The summed E-state index contributed by atoms with van der Waals surface area (Å²) in [5.41, 5.74) is -3.67. The number of alkyl halides is 3. The minimum absolute atomic E-state index is 0.109. The van der Waals surface area contributed by atoms with Gasteiger partial charge in [-0.2, -0.15) is 13.2 Å². The molecule has 1 saturated heterocycles. The highest BCUT2D eigenvalue weighted by Gasteiger charge is 2.41. The summed E-state index contributed by atoms with van der Waals surface area (Å²) in [6, 6.07) is 2.02. The predicted octanol–water partition coefficient (Wildman–Crippen LogP) is 3.29. The molecule has 0 unspecified atom stereocenters. The molecule has 166 valence electrons. The van der Waals surface area contributed by atoms with Crippen molar-refractivity contribution in [3.05, 3.63) is 46.4 Å². The number of nitrogens with zero attached hydrogens (tertiary/aromatic N) is 3. The van der Waals surface area contributed by atoms with Crippen molar-refractivity contribution in [2.75, 3.05) is 38.3 Å². The zero-order valence-electron chi connectivity index (χ0n) is 16.1. The number of rotatable bonds is 4. The number of carbonyl (C=O) groups excluding carboxylic acids is 1. The van der Waals surface area contributed by atoms with Gasteiger partial charge in [0.1, 0.15) is 5.57 Å². The first-order valence-corrected chi connectivity index (χ1v) is 9.28. The molecule has 12 heteroatoms. The first-order chi connectivity index (χ1) is 14.6. The maximum absolute atomic E-state index is 14.2. The molecule has 2 aromatic rings. The monoisotopic (exact) mass is 459 g/mol. The molecule has 0 atom stereocenters. The lowest BCUT2D eigenvalue weighted by Crippen LogP contribution is -2.37. The molecule has 0 radical (unpaired) electrons.